The van der Waals surface area contributed by atoms with Crippen molar-refractivity contribution in [2.75, 3.05) is 46.9 Å². The van der Waals surface area contributed by atoms with Gasteiger partial charge >= 0.3 is 0 Å². The molecular formula is C23H30N4O3. The standard InChI is InChI=1S/C23H30N4O3/c1-29-21-8-9-22(30-2)20(16-21)17-24-25-23(28)10-11-26-12-14-27(15-13-26)18-19-6-4-3-5-7-19/h3-9,16-17H,10-15,18H2,1-2H3,(H,25,28)/b24-17-. The highest BCUT2D eigenvalue weighted by Gasteiger charge is 2.17. The van der Waals surface area contributed by atoms with E-state index in [2.05, 4.69) is 44.6 Å². The van der Waals surface area contributed by atoms with Crippen LogP contribution in [-0.2, 0) is 11.3 Å². The highest BCUT2D eigenvalue weighted by molar-refractivity contribution is 5.85. The normalized spacial score (nSPS) is 15.3. The van der Waals surface area contributed by atoms with Gasteiger partial charge in [-0.3, -0.25) is 9.69 Å². The zero-order valence-corrected chi connectivity index (χ0v) is 17.7. The van der Waals surface area contributed by atoms with Crippen LogP contribution in [0.1, 0.15) is 17.5 Å². The van der Waals surface area contributed by atoms with Crippen molar-refractivity contribution in [3.05, 3.63) is 59.7 Å². The van der Waals surface area contributed by atoms with Crippen LogP contribution in [0.3, 0.4) is 0 Å². The lowest BCUT2D eigenvalue weighted by Gasteiger charge is -2.34. The highest BCUT2D eigenvalue weighted by Crippen LogP contribution is 2.22. The van der Waals surface area contributed by atoms with E-state index in [9.17, 15) is 4.79 Å². The van der Waals surface area contributed by atoms with Crippen LogP contribution in [0, 0.1) is 0 Å². The summed E-state index contributed by atoms with van der Waals surface area (Å²) in [5.41, 5.74) is 4.68. The molecule has 1 amide bonds. The molecule has 0 spiro atoms. The average Bonchev–Trinajstić information content (AvgIpc) is 2.79. The number of nitrogens with zero attached hydrogens (tertiary/aromatic N) is 3. The summed E-state index contributed by atoms with van der Waals surface area (Å²) in [6.07, 6.45) is 1.99. The molecule has 2 aromatic rings. The highest BCUT2D eigenvalue weighted by atomic mass is 16.5. The van der Waals surface area contributed by atoms with Crippen LogP contribution >= 0.6 is 0 Å². The molecule has 1 aliphatic rings. The summed E-state index contributed by atoms with van der Waals surface area (Å²) >= 11 is 0. The molecule has 30 heavy (non-hydrogen) atoms. The Morgan fingerprint density at radius 1 is 1.03 bits per heavy atom. The topological polar surface area (TPSA) is 66.4 Å². The minimum atomic E-state index is -0.0974. The molecule has 1 fully saturated rings. The quantitative estimate of drug-likeness (QED) is 0.508. The van der Waals surface area contributed by atoms with Crippen molar-refractivity contribution >= 4 is 12.1 Å². The molecule has 1 N–H and O–H groups in total. The zero-order chi connectivity index (χ0) is 21.2. The minimum Gasteiger partial charge on any atom is -0.497 e. The Balaban J connectivity index is 1.38. The second-order valence-electron chi connectivity index (χ2n) is 7.25. The van der Waals surface area contributed by atoms with Gasteiger partial charge in [0.15, 0.2) is 0 Å². The van der Waals surface area contributed by atoms with E-state index in [4.69, 9.17) is 9.47 Å². The molecule has 3 rings (SSSR count). The molecule has 1 saturated heterocycles. The number of hydrazone groups is 1. The second kappa shape index (κ2) is 11.3. The molecular weight excluding hydrogens is 380 g/mol. The number of hydrogen-bond donors (Lipinski definition) is 1. The van der Waals surface area contributed by atoms with E-state index in [1.165, 1.54) is 5.56 Å². The van der Waals surface area contributed by atoms with E-state index in [1.54, 1.807) is 26.5 Å². The Labute approximate surface area is 178 Å². The van der Waals surface area contributed by atoms with Crippen molar-refractivity contribution in [1.82, 2.24) is 15.2 Å². The molecule has 0 saturated carbocycles. The SMILES string of the molecule is COc1ccc(OC)c(/C=N\NC(=O)CCN2CCN(Cc3ccccc3)CC2)c1. The molecule has 160 valence electrons. The third-order valence-corrected chi connectivity index (χ3v) is 5.20. The van der Waals surface area contributed by atoms with E-state index < -0.39 is 0 Å². The van der Waals surface area contributed by atoms with Crippen molar-refractivity contribution in [1.29, 1.82) is 0 Å². The van der Waals surface area contributed by atoms with Crippen LogP contribution in [0.2, 0.25) is 0 Å². The van der Waals surface area contributed by atoms with E-state index in [0.717, 1.165) is 44.8 Å². The van der Waals surface area contributed by atoms with E-state index >= 15 is 0 Å². The molecule has 0 radical (unpaired) electrons. The van der Waals surface area contributed by atoms with Gasteiger partial charge in [-0.2, -0.15) is 5.10 Å². The van der Waals surface area contributed by atoms with Gasteiger partial charge in [0.2, 0.25) is 5.91 Å². The summed E-state index contributed by atoms with van der Waals surface area (Å²) in [5.74, 6) is 1.27. The number of methoxy groups -OCH3 is 2. The third kappa shape index (κ3) is 6.57. The van der Waals surface area contributed by atoms with Gasteiger partial charge in [-0.15, -0.1) is 0 Å². The van der Waals surface area contributed by atoms with Gasteiger partial charge in [-0.1, -0.05) is 30.3 Å². The van der Waals surface area contributed by atoms with Crippen molar-refractivity contribution in [2.45, 2.75) is 13.0 Å². The van der Waals surface area contributed by atoms with Crippen LogP contribution in [0.4, 0.5) is 0 Å². The number of carbonyl (C=O) groups excluding carboxylic acids is 1. The maximum atomic E-state index is 12.1. The number of piperazine rings is 1. The maximum absolute atomic E-state index is 12.1. The summed E-state index contributed by atoms with van der Waals surface area (Å²) in [7, 11) is 3.20. The summed E-state index contributed by atoms with van der Waals surface area (Å²) in [6.45, 7) is 5.71. The number of ether oxygens (including phenoxy) is 2. The third-order valence-electron chi connectivity index (χ3n) is 5.20. The van der Waals surface area contributed by atoms with Crippen molar-refractivity contribution < 1.29 is 14.3 Å². The number of carbonyl (C=O) groups is 1. The lowest BCUT2D eigenvalue weighted by Crippen LogP contribution is -2.46. The fraction of sp³-hybridized carbons (Fsp3) is 0.391. The van der Waals surface area contributed by atoms with Gasteiger partial charge in [0.25, 0.3) is 0 Å². The maximum Gasteiger partial charge on any atom is 0.241 e. The average molecular weight is 411 g/mol. The summed E-state index contributed by atoms with van der Waals surface area (Å²) in [5, 5.41) is 4.06. The van der Waals surface area contributed by atoms with Crippen molar-refractivity contribution in [2.24, 2.45) is 5.10 Å². The Morgan fingerprint density at radius 3 is 2.47 bits per heavy atom. The largest absolute Gasteiger partial charge is 0.497 e. The Bertz CT molecular complexity index is 834. The van der Waals surface area contributed by atoms with Gasteiger partial charge in [-0.25, -0.2) is 5.43 Å². The van der Waals surface area contributed by atoms with Crippen LogP contribution in [0.25, 0.3) is 0 Å². The first kappa shape index (κ1) is 21.8. The van der Waals surface area contributed by atoms with Gasteiger partial charge in [0, 0.05) is 51.3 Å². The van der Waals surface area contributed by atoms with Crippen LogP contribution in [0.5, 0.6) is 11.5 Å². The summed E-state index contributed by atoms with van der Waals surface area (Å²) in [4.78, 5) is 16.9. The molecule has 0 aromatic heterocycles. The van der Waals surface area contributed by atoms with Gasteiger partial charge < -0.3 is 14.4 Å². The van der Waals surface area contributed by atoms with Gasteiger partial charge in [0.1, 0.15) is 11.5 Å². The lowest BCUT2D eigenvalue weighted by atomic mass is 10.2. The minimum absolute atomic E-state index is 0.0974. The molecule has 0 aliphatic carbocycles. The molecule has 2 aromatic carbocycles. The Hall–Kier alpha value is -2.90. The van der Waals surface area contributed by atoms with Gasteiger partial charge in [-0.05, 0) is 23.8 Å². The number of benzene rings is 2. The first-order chi connectivity index (χ1) is 14.7. The first-order valence-corrected chi connectivity index (χ1v) is 10.2. The lowest BCUT2D eigenvalue weighted by molar-refractivity contribution is -0.121. The Kier molecular flexibility index (Phi) is 8.23. The number of hydrogen-bond acceptors (Lipinski definition) is 6. The molecule has 1 aliphatic heterocycles. The molecule has 7 heteroatoms. The molecule has 0 unspecified atom stereocenters. The zero-order valence-electron chi connectivity index (χ0n) is 17.7. The predicted molar refractivity (Wildman–Crippen MR) is 118 cm³/mol. The monoisotopic (exact) mass is 410 g/mol. The molecule has 0 atom stereocenters. The van der Waals surface area contributed by atoms with Crippen molar-refractivity contribution in [3.8, 4) is 11.5 Å². The number of amides is 1. The predicted octanol–water partition coefficient (Wildman–Crippen LogP) is 2.36. The number of nitrogens with one attached hydrogen (secondary N) is 1. The van der Waals surface area contributed by atoms with Crippen LogP contribution in [0.15, 0.2) is 53.6 Å². The van der Waals surface area contributed by atoms with E-state index in [0.29, 0.717) is 17.9 Å². The molecule has 1 heterocycles. The van der Waals surface area contributed by atoms with E-state index in [-0.39, 0.29) is 5.91 Å². The van der Waals surface area contributed by atoms with Crippen LogP contribution < -0.4 is 14.9 Å². The molecule has 0 bridgehead atoms. The summed E-state index contributed by atoms with van der Waals surface area (Å²) < 4.78 is 10.5. The fourth-order valence-corrected chi connectivity index (χ4v) is 3.44. The fourth-order valence-electron chi connectivity index (χ4n) is 3.44. The van der Waals surface area contributed by atoms with E-state index in [1.807, 2.05) is 18.2 Å². The Morgan fingerprint density at radius 2 is 1.77 bits per heavy atom. The number of rotatable bonds is 9. The van der Waals surface area contributed by atoms with Gasteiger partial charge in [0.05, 0.1) is 20.4 Å². The second-order valence-corrected chi connectivity index (χ2v) is 7.25. The molecule has 7 nitrogen and oxygen atoms in total. The van der Waals surface area contributed by atoms with Crippen molar-refractivity contribution in [3.63, 3.8) is 0 Å². The smallest absolute Gasteiger partial charge is 0.241 e. The van der Waals surface area contributed by atoms with Crippen LogP contribution in [-0.4, -0.2) is 68.9 Å². The first-order valence-electron chi connectivity index (χ1n) is 10.2. The summed E-state index contributed by atoms with van der Waals surface area (Å²) in [6, 6.07) is 16.0.